The molecule has 4 heteroatoms. The van der Waals surface area contributed by atoms with Crippen molar-refractivity contribution in [2.24, 2.45) is 5.92 Å². The summed E-state index contributed by atoms with van der Waals surface area (Å²) in [7, 11) is 0. The average Bonchev–Trinajstić information content (AvgIpc) is 2.90. The predicted octanol–water partition coefficient (Wildman–Crippen LogP) is 4.57. The van der Waals surface area contributed by atoms with Gasteiger partial charge in [-0.15, -0.1) is 0 Å². The monoisotopic (exact) mass is 393 g/mol. The first-order valence-electron chi connectivity index (χ1n) is 6.90. The Hall–Kier alpha value is -0.0000000000000000208. The first-order valence-corrected chi connectivity index (χ1v) is 8.36. The molecule has 2 atom stereocenters. The lowest BCUT2D eigenvalue weighted by Gasteiger charge is -2.34. The highest BCUT2D eigenvalue weighted by molar-refractivity contribution is 14.1. The van der Waals surface area contributed by atoms with Crippen molar-refractivity contribution in [3.63, 3.8) is 0 Å². The van der Waals surface area contributed by atoms with Gasteiger partial charge in [0.25, 0.3) is 0 Å². The van der Waals surface area contributed by atoms with Crippen molar-refractivity contribution in [3.8, 4) is 5.75 Å². The SMILES string of the molecule is CCC[C@@](I)(Oc1cccc(Cl)c1C)C1CCNC1. The van der Waals surface area contributed by atoms with E-state index in [-0.39, 0.29) is 3.61 Å². The molecule has 1 saturated heterocycles. The molecule has 1 aromatic carbocycles. The predicted molar refractivity (Wildman–Crippen MR) is 89.5 cm³/mol. The van der Waals surface area contributed by atoms with Crippen molar-refractivity contribution in [2.45, 2.75) is 36.7 Å². The molecule has 2 rings (SSSR count). The molecule has 1 fully saturated rings. The number of hydrogen-bond donors (Lipinski definition) is 1. The molecular weight excluding hydrogens is 373 g/mol. The maximum atomic E-state index is 6.40. The second kappa shape index (κ2) is 6.64. The van der Waals surface area contributed by atoms with Gasteiger partial charge in [0.05, 0.1) is 0 Å². The lowest BCUT2D eigenvalue weighted by molar-refractivity contribution is 0.114. The fourth-order valence-electron chi connectivity index (χ4n) is 2.58. The molecule has 106 valence electrons. The first-order chi connectivity index (χ1) is 9.07. The van der Waals surface area contributed by atoms with Gasteiger partial charge in [0.15, 0.2) is 3.61 Å². The quantitative estimate of drug-likeness (QED) is 0.584. The molecule has 1 aliphatic rings. The zero-order valence-electron chi connectivity index (χ0n) is 11.5. The maximum absolute atomic E-state index is 6.40. The van der Waals surface area contributed by atoms with Gasteiger partial charge in [-0.2, -0.15) is 0 Å². The molecule has 0 spiro atoms. The Kier molecular flexibility index (Phi) is 5.37. The molecule has 1 heterocycles. The number of rotatable bonds is 5. The van der Waals surface area contributed by atoms with Crippen LogP contribution in [0.5, 0.6) is 5.75 Å². The van der Waals surface area contributed by atoms with Crippen LogP contribution in [0.2, 0.25) is 5.02 Å². The van der Waals surface area contributed by atoms with E-state index in [1.165, 1.54) is 6.42 Å². The van der Waals surface area contributed by atoms with Gasteiger partial charge in [0, 0.05) is 23.0 Å². The Balaban J connectivity index is 2.22. The second-order valence-corrected chi connectivity index (χ2v) is 7.42. The van der Waals surface area contributed by atoms with Crippen LogP contribution in [0, 0.1) is 12.8 Å². The van der Waals surface area contributed by atoms with Crippen LogP contribution in [-0.2, 0) is 0 Å². The van der Waals surface area contributed by atoms with Crippen LogP contribution in [0.15, 0.2) is 18.2 Å². The topological polar surface area (TPSA) is 21.3 Å². The summed E-state index contributed by atoms with van der Waals surface area (Å²) in [5, 5.41) is 4.21. The lowest BCUT2D eigenvalue weighted by Crippen LogP contribution is -2.39. The maximum Gasteiger partial charge on any atom is 0.163 e. The fraction of sp³-hybridized carbons (Fsp3) is 0.600. The standard InChI is InChI=1S/C15H21ClINO/c1-3-8-15(17,12-7-9-18-10-12)19-14-6-4-5-13(16)11(14)2/h4-6,12,18H,3,7-10H2,1-2H3/t12?,15-/m1/s1. The number of nitrogens with one attached hydrogen (secondary N) is 1. The number of hydrogen-bond acceptors (Lipinski definition) is 2. The molecule has 19 heavy (non-hydrogen) atoms. The third-order valence-electron chi connectivity index (χ3n) is 3.76. The largest absolute Gasteiger partial charge is 0.476 e. The lowest BCUT2D eigenvalue weighted by atomic mass is 9.97. The number of alkyl halides is 1. The van der Waals surface area contributed by atoms with Crippen molar-refractivity contribution >= 4 is 34.2 Å². The summed E-state index contributed by atoms with van der Waals surface area (Å²) in [5.41, 5.74) is 1.03. The van der Waals surface area contributed by atoms with Crippen LogP contribution >= 0.6 is 34.2 Å². The zero-order valence-corrected chi connectivity index (χ0v) is 14.4. The highest BCUT2D eigenvalue weighted by Gasteiger charge is 2.39. The van der Waals surface area contributed by atoms with Crippen LogP contribution in [0.4, 0.5) is 0 Å². The van der Waals surface area contributed by atoms with E-state index < -0.39 is 0 Å². The molecule has 0 radical (unpaired) electrons. The molecule has 0 aliphatic carbocycles. The van der Waals surface area contributed by atoms with Crippen LogP contribution in [0.25, 0.3) is 0 Å². The van der Waals surface area contributed by atoms with E-state index in [1.54, 1.807) is 0 Å². The van der Waals surface area contributed by atoms with Crippen molar-refractivity contribution in [3.05, 3.63) is 28.8 Å². The molecule has 0 saturated carbocycles. The molecule has 1 aromatic rings. The Morgan fingerprint density at radius 3 is 2.95 bits per heavy atom. The minimum Gasteiger partial charge on any atom is -0.476 e. The van der Waals surface area contributed by atoms with Gasteiger partial charge in [0.1, 0.15) is 5.75 Å². The van der Waals surface area contributed by atoms with Crippen LogP contribution < -0.4 is 10.1 Å². The van der Waals surface area contributed by atoms with E-state index >= 15 is 0 Å². The number of halogens is 2. The summed E-state index contributed by atoms with van der Waals surface area (Å²) in [4.78, 5) is 0. The Labute approximate surface area is 134 Å². The van der Waals surface area contributed by atoms with Crippen LogP contribution in [0.3, 0.4) is 0 Å². The summed E-state index contributed by atoms with van der Waals surface area (Å²) in [6.45, 7) is 6.37. The van der Waals surface area contributed by atoms with E-state index in [4.69, 9.17) is 16.3 Å². The third kappa shape index (κ3) is 3.56. The summed E-state index contributed by atoms with van der Waals surface area (Å²) in [6, 6.07) is 5.89. The van der Waals surface area contributed by atoms with Gasteiger partial charge in [-0.25, -0.2) is 0 Å². The molecule has 0 aromatic heterocycles. The Bertz CT molecular complexity index is 434. The van der Waals surface area contributed by atoms with Crippen molar-refractivity contribution in [2.75, 3.05) is 13.1 Å². The van der Waals surface area contributed by atoms with E-state index in [9.17, 15) is 0 Å². The third-order valence-corrected chi connectivity index (χ3v) is 5.81. The summed E-state index contributed by atoms with van der Waals surface area (Å²) in [6.07, 6.45) is 3.37. The van der Waals surface area contributed by atoms with Gasteiger partial charge in [-0.1, -0.05) is 31.0 Å². The van der Waals surface area contributed by atoms with Gasteiger partial charge in [-0.05, 0) is 61.0 Å². The van der Waals surface area contributed by atoms with Gasteiger partial charge in [0.2, 0.25) is 0 Å². The van der Waals surface area contributed by atoms with Crippen molar-refractivity contribution in [1.82, 2.24) is 5.32 Å². The van der Waals surface area contributed by atoms with Gasteiger partial charge < -0.3 is 10.1 Å². The van der Waals surface area contributed by atoms with Gasteiger partial charge in [-0.3, -0.25) is 0 Å². The average molecular weight is 394 g/mol. The Morgan fingerprint density at radius 2 is 2.32 bits per heavy atom. The molecule has 0 bridgehead atoms. The van der Waals surface area contributed by atoms with Gasteiger partial charge >= 0.3 is 0 Å². The van der Waals surface area contributed by atoms with Crippen LogP contribution in [0.1, 0.15) is 31.7 Å². The highest BCUT2D eigenvalue weighted by Crippen LogP contribution is 2.40. The summed E-state index contributed by atoms with van der Waals surface area (Å²) >= 11 is 8.69. The van der Waals surface area contributed by atoms with Crippen molar-refractivity contribution in [1.29, 1.82) is 0 Å². The van der Waals surface area contributed by atoms with E-state index in [2.05, 4.69) is 34.8 Å². The smallest absolute Gasteiger partial charge is 0.163 e. The first kappa shape index (κ1) is 15.4. The highest BCUT2D eigenvalue weighted by atomic mass is 127. The Morgan fingerprint density at radius 1 is 1.53 bits per heavy atom. The molecule has 2 nitrogen and oxygen atoms in total. The summed E-state index contributed by atoms with van der Waals surface area (Å²) in [5.74, 6) is 1.48. The minimum absolute atomic E-state index is 0.133. The number of benzene rings is 1. The van der Waals surface area contributed by atoms with Crippen molar-refractivity contribution < 1.29 is 4.74 Å². The number of ether oxygens (including phenoxy) is 1. The molecule has 1 N–H and O–H groups in total. The summed E-state index contributed by atoms with van der Waals surface area (Å²) < 4.78 is 6.27. The van der Waals surface area contributed by atoms with E-state index in [1.807, 2.05) is 25.1 Å². The zero-order chi connectivity index (χ0) is 13.9. The second-order valence-electron chi connectivity index (χ2n) is 5.19. The van der Waals surface area contributed by atoms with E-state index in [0.717, 1.165) is 42.3 Å². The molecular formula is C15H21ClINO. The molecule has 1 unspecified atom stereocenters. The van der Waals surface area contributed by atoms with Crippen LogP contribution in [-0.4, -0.2) is 16.7 Å². The normalized spacial score (nSPS) is 22.2. The molecule has 1 aliphatic heterocycles. The molecule has 0 amide bonds. The minimum atomic E-state index is -0.133. The van der Waals surface area contributed by atoms with E-state index in [0.29, 0.717) is 5.92 Å². The fourth-order valence-corrected chi connectivity index (χ4v) is 4.06.